The molecule has 0 saturated carbocycles. The van der Waals surface area contributed by atoms with E-state index in [2.05, 4.69) is 10.6 Å². The highest BCUT2D eigenvalue weighted by atomic mass is 35.5. The van der Waals surface area contributed by atoms with Crippen LogP contribution in [0.1, 0.15) is 10.4 Å². The number of benzene rings is 1. The molecule has 6 heteroatoms. The molecule has 0 fully saturated rings. The predicted molar refractivity (Wildman–Crippen MR) is 82.7 cm³/mol. The fourth-order valence-corrected chi connectivity index (χ4v) is 1.78. The molecule has 112 valence electrons. The monoisotopic (exact) mass is 299 g/mol. The molecule has 0 spiro atoms. The highest BCUT2D eigenvalue weighted by molar-refractivity contribution is 6.31. The fourth-order valence-electron chi connectivity index (χ4n) is 1.60. The molecule has 20 heavy (non-hydrogen) atoms. The molecule has 0 saturated heterocycles. The van der Waals surface area contributed by atoms with Gasteiger partial charge >= 0.3 is 0 Å². The molecule has 1 amide bonds. The lowest BCUT2D eigenvalue weighted by molar-refractivity contribution is 0.0901. The second kappa shape index (κ2) is 8.79. The minimum Gasteiger partial charge on any atom is -0.387 e. The zero-order valence-corrected chi connectivity index (χ0v) is 13.0. The number of carbonyl (C=O) groups excluding carboxylic acids is 1. The third-order valence-electron chi connectivity index (χ3n) is 2.71. The second-order valence-corrected chi connectivity index (χ2v) is 5.05. The average Bonchev–Trinajstić information content (AvgIpc) is 2.42. The quantitative estimate of drug-likeness (QED) is 0.717. The van der Waals surface area contributed by atoms with E-state index in [0.717, 1.165) is 12.2 Å². The van der Waals surface area contributed by atoms with Gasteiger partial charge in [0, 0.05) is 30.8 Å². The average molecular weight is 300 g/mol. The Kier molecular flexibility index (Phi) is 7.36. The first kappa shape index (κ1) is 16.8. The van der Waals surface area contributed by atoms with Crippen molar-refractivity contribution in [3.63, 3.8) is 0 Å². The smallest absolute Gasteiger partial charge is 0.253 e. The fraction of sp³-hybridized carbons (Fsp3) is 0.500. The van der Waals surface area contributed by atoms with Crippen molar-refractivity contribution in [2.24, 2.45) is 0 Å². The van der Waals surface area contributed by atoms with Gasteiger partial charge in [-0.25, -0.2) is 0 Å². The van der Waals surface area contributed by atoms with E-state index in [0.29, 0.717) is 30.3 Å². The number of ether oxygens (including phenoxy) is 1. The summed E-state index contributed by atoms with van der Waals surface area (Å²) in [4.78, 5) is 14.1. The first-order chi connectivity index (χ1) is 9.54. The van der Waals surface area contributed by atoms with E-state index in [1.165, 1.54) is 0 Å². The molecule has 1 aromatic carbocycles. The second-order valence-electron chi connectivity index (χ2n) is 4.61. The van der Waals surface area contributed by atoms with Crippen molar-refractivity contribution < 1.29 is 9.53 Å². The summed E-state index contributed by atoms with van der Waals surface area (Å²) >= 11 is 5.91. The van der Waals surface area contributed by atoms with Crippen molar-refractivity contribution in [3.8, 4) is 0 Å². The standard InChI is InChI=1S/C14H22ClN3O2/c1-16-13-5-4-11(15)10-12(13)14(19)17-6-8-20-9-7-18(2)3/h4-5,10,16H,6-9H2,1-3H3,(H,17,19). The number of hydrogen-bond donors (Lipinski definition) is 2. The number of hydrogen-bond acceptors (Lipinski definition) is 4. The Balaban J connectivity index is 2.37. The van der Waals surface area contributed by atoms with Crippen LogP contribution in [0.5, 0.6) is 0 Å². The number of likely N-dealkylation sites (N-methyl/N-ethyl adjacent to an activating group) is 1. The van der Waals surface area contributed by atoms with Crippen LogP contribution in [0.15, 0.2) is 18.2 Å². The van der Waals surface area contributed by atoms with E-state index in [4.69, 9.17) is 16.3 Å². The molecular weight excluding hydrogens is 278 g/mol. The summed E-state index contributed by atoms with van der Waals surface area (Å²) in [6.45, 7) is 2.49. The highest BCUT2D eigenvalue weighted by Gasteiger charge is 2.10. The van der Waals surface area contributed by atoms with Crippen molar-refractivity contribution in [2.45, 2.75) is 0 Å². The maximum Gasteiger partial charge on any atom is 0.253 e. The predicted octanol–water partition coefficient (Wildman–Crippen LogP) is 1.69. The van der Waals surface area contributed by atoms with Gasteiger partial charge in [-0.3, -0.25) is 4.79 Å². The summed E-state index contributed by atoms with van der Waals surface area (Å²) in [5, 5.41) is 6.32. The van der Waals surface area contributed by atoms with Gasteiger partial charge in [0.1, 0.15) is 0 Å². The Morgan fingerprint density at radius 2 is 2.10 bits per heavy atom. The third kappa shape index (κ3) is 5.77. The Labute approximate surface area is 125 Å². The molecule has 0 unspecified atom stereocenters. The third-order valence-corrected chi connectivity index (χ3v) is 2.95. The van der Waals surface area contributed by atoms with Crippen molar-refractivity contribution in [1.82, 2.24) is 10.2 Å². The molecule has 0 aliphatic heterocycles. The van der Waals surface area contributed by atoms with Gasteiger partial charge in [-0.15, -0.1) is 0 Å². The summed E-state index contributed by atoms with van der Waals surface area (Å²) in [6.07, 6.45) is 0. The molecule has 0 bridgehead atoms. The van der Waals surface area contributed by atoms with Gasteiger partial charge in [-0.1, -0.05) is 11.6 Å². The van der Waals surface area contributed by atoms with Crippen LogP contribution in [0.2, 0.25) is 5.02 Å². The summed E-state index contributed by atoms with van der Waals surface area (Å²) < 4.78 is 5.41. The van der Waals surface area contributed by atoms with E-state index < -0.39 is 0 Å². The Hall–Kier alpha value is -1.30. The molecule has 5 nitrogen and oxygen atoms in total. The molecule has 1 aromatic rings. The zero-order chi connectivity index (χ0) is 15.0. The van der Waals surface area contributed by atoms with E-state index in [-0.39, 0.29) is 5.91 Å². The van der Waals surface area contributed by atoms with Crippen LogP contribution in [0, 0.1) is 0 Å². The lowest BCUT2D eigenvalue weighted by Gasteiger charge is -2.12. The van der Waals surface area contributed by atoms with Crippen LogP contribution in [-0.2, 0) is 4.74 Å². The molecule has 0 aromatic heterocycles. The van der Waals surface area contributed by atoms with Crippen LogP contribution < -0.4 is 10.6 Å². The van der Waals surface area contributed by atoms with Gasteiger partial charge in [0.25, 0.3) is 5.91 Å². The zero-order valence-electron chi connectivity index (χ0n) is 12.2. The van der Waals surface area contributed by atoms with Gasteiger partial charge in [-0.05, 0) is 32.3 Å². The molecule has 1 rings (SSSR count). The number of nitrogens with one attached hydrogen (secondary N) is 2. The highest BCUT2D eigenvalue weighted by Crippen LogP contribution is 2.19. The molecule has 0 aliphatic rings. The number of amides is 1. The van der Waals surface area contributed by atoms with Crippen LogP contribution in [0.3, 0.4) is 0 Å². The molecule has 0 aliphatic carbocycles. The molecule has 0 heterocycles. The maximum absolute atomic E-state index is 12.0. The summed E-state index contributed by atoms with van der Waals surface area (Å²) in [5.41, 5.74) is 1.29. The summed E-state index contributed by atoms with van der Waals surface area (Å²) in [5.74, 6) is -0.159. The van der Waals surface area contributed by atoms with Gasteiger partial charge < -0.3 is 20.3 Å². The number of anilines is 1. The normalized spacial score (nSPS) is 10.7. The molecule has 2 N–H and O–H groups in total. The number of nitrogens with zero attached hydrogens (tertiary/aromatic N) is 1. The number of halogens is 1. The van der Waals surface area contributed by atoms with Crippen LogP contribution in [0.25, 0.3) is 0 Å². The Morgan fingerprint density at radius 1 is 1.35 bits per heavy atom. The Morgan fingerprint density at radius 3 is 2.75 bits per heavy atom. The van der Waals surface area contributed by atoms with Crippen molar-refractivity contribution in [1.29, 1.82) is 0 Å². The van der Waals surface area contributed by atoms with E-state index in [1.54, 1.807) is 25.2 Å². The SMILES string of the molecule is CNc1ccc(Cl)cc1C(=O)NCCOCCN(C)C. The topological polar surface area (TPSA) is 53.6 Å². The maximum atomic E-state index is 12.0. The van der Waals surface area contributed by atoms with Gasteiger partial charge in [0.15, 0.2) is 0 Å². The summed E-state index contributed by atoms with van der Waals surface area (Å²) in [6, 6.07) is 5.18. The molecule has 0 atom stereocenters. The minimum atomic E-state index is -0.159. The first-order valence-electron chi connectivity index (χ1n) is 6.52. The van der Waals surface area contributed by atoms with Gasteiger partial charge in [0.05, 0.1) is 18.8 Å². The lowest BCUT2D eigenvalue weighted by atomic mass is 10.1. The van der Waals surface area contributed by atoms with Crippen LogP contribution in [-0.4, -0.2) is 58.3 Å². The summed E-state index contributed by atoms with van der Waals surface area (Å²) in [7, 11) is 5.75. The van der Waals surface area contributed by atoms with Crippen LogP contribution in [0.4, 0.5) is 5.69 Å². The van der Waals surface area contributed by atoms with Gasteiger partial charge in [-0.2, -0.15) is 0 Å². The van der Waals surface area contributed by atoms with E-state index in [9.17, 15) is 4.79 Å². The number of rotatable bonds is 8. The van der Waals surface area contributed by atoms with Crippen LogP contribution >= 0.6 is 11.6 Å². The van der Waals surface area contributed by atoms with Crippen molar-refractivity contribution >= 4 is 23.2 Å². The molecular formula is C14H22ClN3O2. The molecule has 0 radical (unpaired) electrons. The van der Waals surface area contributed by atoms with Crippen molar-refractivity contribution in [3.05, 3.63) is 28.8 Å². The number of carbonyl (C=O) groups is 1. The van der Waals surface area contributed by atoms with Crippen molar-refractivity contribution in [2.75, 3.05) is 52.8 Å². The largest absolute Gasteiger partial charge is 0.387 e. The lowest BCUT2D eigenvalue weighted by Crippen LogP contribution is -2.28. The Bertz CT molecular complexity index is 438. The van der Waals surface area contributed by atoms with E-state index >= 15 is 0 Å². The van der Waals surface area contributed by atoms with Gasteiger partial charge in [0.2, 0.25) is 0 Å². The first-order valence-corrected chi connectivity index (χ1v) is 6.90. The van der Waals surface area contributed by atoms with E-state index in [1.807, 2.05) is 19.0 Å². The minimum absolute atomic E-state index is 0.159.